The van der Waals surface area contributed by atoms with Crippen LogP contribution in [0.5, 0.6) is 5.75 Å². The first kappa shape index (κ1) is 15.9. The molecule has 124 valence electrons. The van der Waals surface area contributed by atoms with E-state index in [-0.39, 0.29) is 23.6 Å². The van der Waals surface area contributed by atoms with E-state index in [1.807, 2.05) is 0 Å². The van der Waals surface area contributed by atoms with Crippen LogP contribution >= 0.6 is 0 Å². The SMILES string of the molecule is O=C(NCc1cccc(C(F)(F)F)c1)c1cn2cccc(O)c2n1. The van der Waals surface area contributed by atoms with Crippen molar-refractivity contribution in [3.8, 4) is 5.75 Å². The lowest BCUT2D eigenvalue weighted by Gasteiger charge is -2.09. The standard InChI is InChI=1S/C16H12F3N3O2/c17-16(18,19)11-4-1-3-10(7-11)8-20-15(24)12-9-22-6-2-5-13(23)14(22)21-12/h1-7,9,23H,8H2,(H,20,24). The number of amides is 1. The highest BCUT2D eigenvalue weighted by molar-refractivity contribution is 5.93. The minimum Gasteiger partial charge on any atom is -0.504 e. The smallest absolute Gasteiger partial charge is 0.416 e. The molecule has 0 fully saturated rings. The van der Waals surface area contributed by atoms with Crippen LogP contribution in [0.4, 0.5) is 13.2 Å². The number of hydrogen-bond donors (Lipinski definition) is 2. The molecular formula is C16H12F3N3O2. The van der Waals surface area contributed by atoms with Gasteiger partial charge in [-0.1, -0.05) is 12.1 Å². The Morgan fingerprint density at radius 2 is 2.04 bits per heavy atom. The molecule has 1 amide bonds. The van der Waals surface area contributed by atoms with Gasteiger partial charge >= 0.3 is 6.18 Å². The Kier molecular flexibility index (Phi) is 3.88. The fourth-order valence-electron chi connectivity index (χ4n) is 2.24. The Labute approximate surface area is 134 Å². The van der Waals surface area contributed by atoms with Gasteiger partial charge in [0.15, 0.2) is 11.4 Å². The summed E-state index contributed by atoms with van der Waals surface area (Å²) in [5, 5.41) is 12.2. The van der Waals surface area contributed by atoms with Gasteiger partial charge in [0, 0.05) is 18.9 Å². The first-order chi connectivity index (χ1) is 11.3. The van der Waals surface area contributed by atoms with Crippen LogP contribution < -0.4 is 5.32 Å². The molecule has 8 heteroatoms. The van der Waals surface area contributed by atoms with Gasteiger partial charge in [-0.3, -0.25) is 4.79 Å². The molecule has 3 rings (SSSR count). The summed E-state index contributed by atoms with van der Waals surface area (Å²) in [5.41, 5.74) is -0.165. The van der Waals surface area contributed by atoms with Crippen molar-refractivity contribution in [2.75, 3.05) is 0 Å². The van der Waals surface area contributed by atoms with Crippen molar-refractivity contribution in [1.82, 2.24) is 14.7 Å². The Morgan fingerprint density at radius 1 is 1.25 bits per heavy atom. The average Bonchev–Trinajstić information content (AvgIpc) is 2.98. The molecule has 24 heavy (non-hydrogen) atoms. The number of nitrogens with zero attached hydrogens (tertiary/aromatic N) is 2. The molecule has 0 atom stereocenters. The van der Waals surface area contributed by atoms with Crippen molar-refractivity contribution in [2.24, 2.45) is 0 Å². The summed E-state index contributed by atoms with van der Waals surface area (Å²) in [6.07, 6.45) is -1.39. The predicted molar refractivity (Wildman–Crippen MR) is 79.5 cm³/mol. The number of carbonyl (C=O) groups is 1. The molecule has 2 aromatic heterocycles. The zero-order chi connectivity index (χ0) is 17.3. The lowest BCUT2D eigenvalue weighted by Crippen LogP contribution is -2.23. The van der Waals surface area contributed by atoms with E-state index in [9.17, 15) is 23.1 Å². The fourth-order valence-corrected chi connectivity index (χ4v) is 2.24. The molecule has 0 aliphatic rings. The molecular weight excluding hydrogens is 323 g/mol. The number of pyridine rings is 1. The van der Waals surface area contributed by atoms with E-state index in [2.05, 4.69) is 10.3 Å². The highest BCUT2D eigenvalue weighted by Crippen LogP contribution is 2.29. The van der Waals surface area contributed by atoms with Gasteiger partial charge in [0.25, 0.3) is 5.91 Å². The third-order valence-corrected chi connectivity index (χ3v) is 3.40. The third-order valence-electron chi connectivity index (χ3n) is 3.40. The molecule has 0 bridgehead atoms. The summed E-state index contributed by atoms with van der Waals surface area (Å²) in [6.45, 7) is -0.0669. The monoisotopic (exact) mass is 335 g/mol. The largest absolute Gasteiger partial charge is 0.504 e. The average molecular weight is 335 g/mol. The normalized spacial score (nSPS) is 11.6. The summed E-state index contributed by atoms with van der Waals surface area (Å²) in [6, 6.07) is 7.76. The van der Waals surface area contributed by atoms with Crippen LogP contribution in [-0.4, -0.2) is 20.4 Å². The molecule has 5 nitrogen and oxygen atoms in total. The van der Waals surface area contributed by atoms with Crippen LogP contribution in [0.2, 0.25) is 0 Å². The highest BCUT2D eigenvalue weighted by Gasteiger charge is 2.30. The van der Waals surface area contributed by atoms with E-state index in [1.165, 1.54) is 28.8 Å². The van der Waals surface area contributed by atoms with Crippen molar-refractivity contribution < 1.29 is 23.1 Å². The lowest BCUT2D eigenvalue weighted by atomic mass is 10.1. The van der Waals surface area contributed by atoms with Gasteiger partial charge in [0.2, 0.25) is 0 Å². The van der Waals surface area contributed by atoms with E-state index in [4.69, 9.17) is 0 Å². The Balaban J connectivity index is 1.74. The fraction of sp³-hybridized carbons (Fsp3) is 0.125. The van der Waals surface area contributed by atoms with Crippen LogP contribution in [0.25, 0.3) is 5.65 Å². The molecule has 0 aliphatic heterocycles. The van der Waals surface area contributed by atoms with Crippen molar-refractivity contribution in [3.05, 3.63) is 65.6 Å². The van der Waals surface area contributed by atoms with Gasteiger partial charge in [-0.15, -0.1) is 0 Å². The van der Waals surface area contributed by atoms with Crippen LogP contribution in [0.3, 0.4) is 0 Å². The summed E-state index contributed by atoms with van der Waals surface area (Å²) < 4.78 is 39.5. The molecule has 0 radical (unpaired) electrons. The maximum absolute atomic E-state index is 12.7. The van der Waals surface area contributed by atoms with Crippen LogP contribution in [-0.2, 0) is 12.7 Å². The number of alkyl halides is 3. The van der Waals surface area contributed by atoms with Gasteiger partial charge < -0.3 is 14.8 Å². The molecule has 0 saturated heterocycles. The second-order valence-electron chi connectivity index (χ2n) is 5.13. The summed E-state index contributed by atoms with van der Waals surface area (Å²) in [4.78, 5) is 16.1. The van der Waals surface area contributed by atoms with Gasteiger partial charge in [0.1, 0.15) is 5.69 Å². The van der Waals surface area contributed by atoms with E-state index >= 15 is 0 Å². The van der Waals surface area contributed by atoms with Crippen molar-refractivity contribution >= 4 is 11.6 Å². The van der Waals surface area contributed by atoms with Crippen LogP contribution in [0.1, 0.15) is 21.6 Å². The number of hydrogen-bond acceptors (Lipinski definition) is 3. The molecule has 0 unspecified atom stereocenters. The minimum atomic E-state index is -4.43. The Morgan fingerprint density at radius 3 is 2.75 bits per heavy atom. The molecule has 0 aliphatic carbocycles. The first-order valence-electron chi connectivity index (χ1n) is 6.95. The third kappa shape index (κ3) is 3.17. The van der Waals surface area contributed by atoms with E-state index in [0.29, 0.717) is 5.56 Å². The molecule has 2 heterocycles. The number of rotatable bonds is 3. The lowest BCUT2D eigenvalue weighted by molar-refractivity contribution is -0.137. The summed E-state index contributed by atoms with van der Waals surface area (Å²) in [7, 11) is 0. The van der Waals surface area contributed by atoms with Crippen molar-refractivity contribution in [2.45, 2.75) is 12.7 Å². The van der Waals surface area contributed by atoms with Gasteiger partial charge in [-0.2, -0.15) is 13.2 Å². The number of aromatic nitrogens is 2. The number of imidazole rings is 1. The maximum Gasteiger partial charge on any atom is 0.416 e. The molecule has 0 spiro atoms. The van der Waals surface area contributed by atoms with Gasteiger partial charge in [-0.05, 0) is 29.8 Å². The first-order valence-corrected chi connectivity index (χ1v) is 6.95. The second kappa shape index (κ2) is 5.88. The van der Waals surface area contributed by atoms with Crippen molar-refractivity contribution in [1.29, 1.82) is 0 Å². The Bertz CT molecular complexity index is 903. The molecule has 0 saturated carbocycles. The number of carbonyl (C=O) groups excluding carboxylic acids is 1. The number of fused-ring (bicyclic) bond motifs is 1. The number of nitrogens with one attached hydrogen (secondary N) is 1. The number of halogens is 3. The van der Waals surface area contributed by atoms with E-state index in [0.717, 1.165) is 12.1 Å². The quantitative estimate of drug-likeness (QED) is 0.773. The Hall–Kier alpha value is -3.03. The van der Waals surface area contributed by atoms with E-state index < -0.39 is 17.6 Å². The summed E-state index contributed by atoms with van der Waals surface area (Å²) >= 11 is 0. The van der Waals surface area contributed by atoms with E-state index in [1.54, 1.807) is 12.3 Å². The van der Waals surface area contributed by atoms with Gasteiger partial charge in [0.05, 0.1) is 5.56 Å². The van der Waals surface area contributed by atoms with Crippen molar-refractivity contribution in [3.63, 3.8) is 0 Å². The zero-order valence-electron chi connectivity index (χ0n) is 12.2. The predicted octanol–water partition coefficient (Wildman–Crippen LogP) is 2.99. The highest BCUT2D eigenvalue weighted by atomic mass is 19.4. The molecule has 1 aromatic carbocycles. The van der Waals surface area contributed by atoms with Gasteiger partial charge in [-0.25, -0.2) is 4.98 Å². The number of aromatic hydroxyl groups is 1. The van der Waals surface area contributed by atoms with Crippen LogP contribution in [0.15, 0.2) is 48.8 Å². The number of benzene rings is 1. The zero-order valence-corrected chi connectivity index (χ0v) is 12.2. The van der Waals surface area contributed by atoms with Crippen LogP contribution in [0, 0.1) is 0 Å². The molecule has 2 N–H and O–H groups in total. The second-order valence-corrected chi connectivity index (χ2v) is 5.13. The summed E-state index contributed by atoms with van der Waals surface area (Å²) in [5.74, 6) is -0.620. The topological polar surface area (TPSA) is 66.6 Å². The minimum absolute atomic E-state index is 0.0588. The maximum atomic E-state index is 12.7. The molecule has 3 aromatic rings.